The number of carbonyl (C=O) groups excluding carboxylic acids is 2. The summed E-state index contributed by atoms with van der Waals surface area (Å²) in [6.45, 7) is 4.67. The Balaban J connectivity index is 1.58. The normalized spacial score (nSPS) is 13.0. The molecule has 0 spiro atoms. The van der Waals surface area contributed by atoms with Gasteiger partial charge in [0.05, 0.1) is 0 Å². The first-order valence-corrected chi connectivity index (χ1v) is 9.91. The van der Waals surface area contributed by atoms with Gasteiger partial charge in [0.2, 0.25) is 0 Å². The third-order valence-electron chi connectivity index (χ3n) is 5.25. The van der Waals surface area contributed by atoms with Crippen LogP contribution in [0.4, 0.5) is 11.4 Å². The largest absolute Gasteiger partial charge is 0.322 e. The summed E-state index contributed by atoms with van der Waals surface area (Å²) in [6, 6.07) is 21.0. The summed E-state index contributed by atoms with van der Waals surface area (Å²) in [4.78, 5) is 27.6. The zero-order valence-corrected chi connectivity index (χ0v) is 16.7. The summed E-state index contributed by atoms with van der Waals surface area (Å²) in [6.07, 6.45) is 1.74. The standard InChI is InChI=1S/C25H24N2O2/c1-17-6-3-8-21(14-17)25(29)27-13-5-9-19-16-20(11-12-23(19)27)24(28)26-22-10-4-7-18(2)15-22/h3-4,6-8,10-12,14-16H,5,9,13H2,1-2H3,(H,26,28). The fraction of sp³-hybridized carbons (Fsp3) is 0.200. The Bertz CT molecular complexity index is 1090. The van der Waals surface area contributed by atoms with E-state index in [1.165, 1.54) is 0 Å². The average Bonchev–Trinajstić information content (AvgIpc) is 2.72. The fourth-order valence-electron chi connectivity index (χ4n) is 3.81. The van der Waals surface area contributed by atoms with Gasteiger partial charge < -0.3 is 10.2 Å². The smallest absolute Gasteiger partial charge is 0.258 e. The van der Waals surface area contributed by atoms with Crippen molar-refractivity contribution in [3.63, 3.8) is 0 Å². The van der Waals surface area contributed by atoms with Crippen LogP contribution in [-0.4, -0.2) is 18.4 Å². The molecule has 29 heavy (non-hydrogen) atoms. The molecule has 0 saturated carbocycles. The van der Waals surface area contributed by atoms with Crippen LogP contribution in [0.1, 0.15) is 43.8 Å². The molecule has 0 fully saturated rings. The van der Waals surface area contributed by atoms with E-state index >= 15 is 0 Å². The van der Waals surface area contributed by atoms with Gasteiger partial charge in [0.15, 0.2) is 0 Å². The van der Waals surface area contributed by atoms with Crippen LogP contribution >= 0.6 is 0 Å². The predicted molar refractivity (Wildman–Crippen MR) is 117 cm³/mol. The zero-order chi connectivity index (χ0) is 20.4. The number of hydrogen-bond donors (Lipinski definition) is 1. The Hall–Kier alpha value is -3.40. The van der Waals surface area contributed by atoms with Crippen molar-refractivity contribution < 1.29 is 9.59 Å². The van der Waals surface area contributed by atoms with E-state index in [1.807, 2.05) is 79.4 Å². The maximum atomic E-state index is 13.1. The van der Waals surface area contributed by atoms with Crippen molar-refractivity contribution in [2.75, 3.05) is 16.8 Å². The number of fused-ring (bicyclic) bond motifs is 1. The monoisotopic (exact) mass is 384 g/mol. The van der Waals surface area contributed by atoms with Crippen LogP contribution in [0.15, 0.2) is 66.7 Å². The van der Waals surface area contributed by atoms with Crippen molar-refractivity contribution in [2.45, 2.75) is 26.7 Å². The Morgan fingerprint density at radius 2 is 1.62 bits per heavy atom. The summed E-state index contributed by atoms with van der Waals surface area (Å²) in [5.41, 5.74) is 6.18. The number of aryl methyl sites for hydroxylation is 3. The molecule has 4 rings (SSSR count). The minimum Gasteiger partial charge on any atom is -0.322 e. The topological polar surface area (TPSA) is 49.4 Å². The zero-order valence-electron chi connectivity index (χ0n) is 16.7. The van der Waals surface area contributed by atoms with Crippen LogP contribution in [0.5, 0.6) is 0 Å². The van der Waals surface area contributed by atoms with E-state index in [1.54, 1.807) is 6.07 Å². The van der Waals surface area contributed by atoms with Crippen molar-refractivity contribution in [3.05, 3.63) is 94.5 Å². The summed E-state index contributed by atoms with van der Waals surface area (Å²) < 4.78 is 0. The molecule has 0 aromatic heterocycles. The third kappa shape index (κ3) is 4.06. The fourth-order valence-corrected chi connectivity index (χ4v) is 3.81. The van der Waals surface area contributed by atoms with Crippen LogP contribution in [0, 0.1) is 13.8 Å². The molecule has 1 aliphatic heterocycles. The number of rotatable bonds is 3. The molecular formula is C25H24N2O2. The van der Waals surface area contributed by atoms with Crippen molar-refractivity contribution >= 4 is 23.2 Å². The van der Waals surface area contributed by atoms with Gasteiger partial charge in [-0.25, -0.2) is 0 Å². The molecule has 146 valence electrons. The molecule has 0 aliphatic carbocycles. The third-order valence-corrected chi connectivity index (χ3v) is 5.25. The first-order valence-electron chi connectivity index (χ1n) is 9.91. The number of nitrogens with zero attached hydrogens (tertiary/aromatic N) is 1. The Labute approximate surface area is 171 Å². The molecule has 3 aromatic carbocycles. The number of hydrogen-bond acceptors (Lipinski definition) is 2. The Morgan fingerprint density at radius 3 is 2.38 bits per heavy atom. The highest BCUT2D eigenvalue weighted by atomic mass is 16.2. The summed E-state index contributed by atoms with van der Waals surface area (Å²) in [5, 5.41) is 2.95. The molecule has 1 aliphatic rings. The Kier molecular flexibility index (Phi) is 5.17. The first kappa shape index (κ1) is 18.9. The molecule has 2 amide bonds. The second kappa shape index (κ2) is 7.92. The van der Waals surface area contributed by atoms with Crippen LogP contribution in [0.25, 0.3) is 0 Å². The SMILES string of the molecule is Cc1cccc(NC(=O)c2ccc3c(c2)CCCN3C(=O)c2cccc(C)c2)c1. The van der Waals surface area contributed by atoms with E-state index in [2.05, 4.69) is 5.32 Å². The van der Waals surface area contributed by atoms with Crippen molar-refractivity contribution in [2.24, 2.45) is 0 Å². The molecule has 0 atom stereocenters. The van der Waals surface area contributed by atoms with Gasteiger partial charge in [-0.15, -0.1) is 0 Å². The lowest BCUT2D eigenvalue weighted by Crippen LogP contribution is -2.35. The highest BCUT2D eigenvalue weighted by molar-refractivity contribution is 6.08. The van der Waals surface area contributed by atoms with E-state index in [4.69, 9.17) is 0 Å². The Morgan fingerprint density at radius 1 is 0.862 bits per heavy atom. The molecule has 0 radical (unpaired) electrons. The van der Waals surface area contributed by atoms with Crippen molar-refractivity contribution in [1.82, 2.24) is 0 Å². The first-order chi connectivity index (χ1) is 14.0. The molecule has 4 nitrogen and oxygen atoms in total. The van der Waals surface area contributed by atoms with Gasteiger partial charge in [-0.05, 0) is 80.3 Å². The van der Waals surface area contributed by atoms with Crippen LogP contribution in [0.2, 0.25) is 0 Å². The predicted octanol–water partition coefficient (Wildman–Crippen LogP) is 5.15. The number of benzene rings is 3. The molecule has 1 heterocycles. The van der Waals surface area contributed by atoms with Gasteiger partial charge in [0.25, 0.3) is 11.8 Å². The molecule has 0 saturated heterocycles. The van der Waals surface area contributed by atoms with Crippen LogP contribution in [0.3, 0.4) is 0 Å². The van der Waals surface area contributed by atoms with Gasteiger partial charge >= 0.3 is 0 Å². The summed E-state index contributed by atoms with van der Waals surface area (Å²) >= 11 is 0. The summed E-state index contributed by atoms with van der Waals surface area (Å²) in [7, 11) is 0. The number of carbonyl (C=O) groups is 2. The lowest BCUT2D eigenvalue weighted by atomic mass is 9.98. The maximum Gasteiger partial charge on any atom is 0.258 e. The second-order valence-corrected chi connectivity index (χ2v) is 7.60. The van der Waals surface area contributed by atoms with Gasteiger partial charge in [-0.3, -0.25) is 9.59 Å². The molecule has 0 unspecified atom stereocenters. The highest BCUT2D eigenvalue weighted by Gasteiger charge is 2.24. The highest BCUT2D eigenvalue weighted by Crippen LogP contribution is 2.30. The van der Waals surface area contributed by atoms with E-state index in [9.17, 15) is 9.59 Å². The number of nitrogens with one attached hydrogen (secondary N) is 1. The maximum absolute atomic E-state index is 13.1. The van der Waals surface area contributed by atoms with Gasteiger partial charge in [-0.2, -0.15) is 0 Å². The number of amides is 2. The van der Waals surface area contributed by atoms with E-state index in [-0.39, 0.29) is 11.8 Å². The van der Waals surface area contributed by atoms with Crippen molar-refractivity contribution in [1.29, 1.82) is 0 Å². The molecule has 0 bridgehead atoms. The van der Waals surface area contributed by atoms with Gasteiger partial charge in [-0.1, -0.05) is 29.8 Å². The van der Waals surface area contributed by atoms with Crippen LogP contribution < -0.4 is 10.2 Å². The average molecular weight is 384 g/mol. The molecule has 3 aromatic rings. The molecule has 1 N–H and O–H groups in total. The second-order valence-electron chi connectivity index (χ2n) is 7.60. The quantitative estimate of drug-likeness (QED) is 0.679. The minimum absolute atomic E-state index is 0.00612. The minimum atomic E-state index is -0.138. The molecule has 4 heteroatoms. The lowest BCUT2D eigenvalue weighted by Gasteiger charge is -2.30. The summed E-state index contributed by atoms with van der Waals surface area (Å²) in [5.74, 6) is -0.132. The van der Waals surface area contributed by atoms with E-state index in [0.29, 0.717) is 17.7 Å². The number of anilines is 2. The van der Waals surface area contributed by atoms with E-state index in [0.717, 1.165) is 40.9 Å². The molecular weight excluding hydrogens is 360 g/mol. The van der Waals surface area contributed by atoms with Gasteiger partial charge in [0.1, 0.15) is 0 Å². The lowest BCUT2D eigenvalue weighted by molar-refractivity contribution is 0.0984. The van der Waals surface area contributed by atoms with Crippen LogP contribution in [-0.2, 0) is 6.42 Å². The van der Waals surface area contributed by atoms with Gasteiger partial charge in [0, 0.05) is 29.0 Å². The van der Waals surface area contributed by atoms with E-state index < -0.39 is 0 Å². The van der Waals surface area contributed by atoms with Crippen molar-refractivity contribution in [3.8, 4) is 0 Å².